The van der Waals surface area contributed by atoms with Gasteiger partial charge in [0.25, 0.3) is 5.69 Å². The van der Waals surface area contributed by atoms with E-state index in [0.29, 0.717) is 17.9 Å². The number of nitro groups is 1. The SMILES string of the molecule is CC(C)CC(=O)C=Cc1cccc([N+](=O)[O-])c1. The number of hydrogen-bond acceptors (Lipinski definition) is 3. The average Bonchev–Trinajstić information content (AvgIpc) is 2.26. The molecule has 1 rings (SSSR count). The molecule has 0 saturated carbocycles. The first-order valence-electron chi connectivity index (χ1n) is 5.44. The topological polar surface area (TPSA) is 60.2 Å². The number of hydrogen-bond donors (Lipinski definition) is 0. The lowest BCUT2D eigenvalue weighted by molar-refractivity contribution is -0.384. The second-order valence-electron chi connectivity index (χ2n) is 4.25. The van der Waals surface area contributed by atoms with Gasteiger partial charge in [0.05, 0.1) is 4.92 Å². The first-order valence-corrected chi connectivity index (χ1v) is 5.44. The molecular weight excluding hydrogens is 218 g/mol. The van der Waals surface area contributed by atoms with Crippen molar-refractivity contribution in [2.24, 2.45) is 5.92 Å². The van der Waals surface area contributed by atoms with Gasteiger partial charge in [-0.2, -0.15) is 0 Å². The van der Waals surface area contributed by atoms with Crippen LogP contribution in [-0.2, 0) is 4.79 Å². The summed E-state index contributed by atoms with van der Waals surface area (Å²) in [7, 11) is 0. The molecule has 0 amide bonds. The normalized spacial score (nSPS) is 11.0. The summed E-state index contributed by atoms with van der Waals surface area (Å²) in [5, 5.41) is 10.6. The van der Waals surface area contributed by atoms with Gasteiger partial charge >= 0.3 is 0 Å². The van der Waals surface area contributed by atoms with Gasteiger partial charge in [0.15, 0.2) is 5.78 Å². The van der Waals surface area contributed by atoms with Crippen molar-refractivity contribution in [3.8, 4) is 0 Å². The Morgan fingerprint density at radius 3 is 2.76 bits per heavy atom. The van der Waals surface area contributed by atoms with Gasteiger partial charge in [-0.25, -0.2) is 0 Å². The third kappa shape index (κ3) is 4.59. The second kappa shape index (κ2) is 5.94. The van der Waals surface area contributed by atoms with Crippen LogP contribution in [0.4, 0.5) is 5.69 Å². The molecule has 0 bridgehead atoms. The molecule has 0 N–H and O–H groups in total. The number of benzene rings is 1. The zero-order valence-corrected chi connectivity index (χ0v) is 9.92. The zero-order chi connectivity index (χ0) is 12.8. The predicted molar refractivity (Wildman–Crippen MR) is 66.6 cm³/mol. The van der Waals surface area contributed by atoms with Crippen molar-refractivity contribution in [2.75, 3.05) is 0 Å². The number of rotatable bonds is 5. The highest BCUT2D eigenvalue weighted by Gasteiger charge is 2.04. The zero-order valence-electron chi connectivity index (χ0n) is 9.92. The molecule has 0 heterocycles. The van der Waals surface area contributed by atoms with E-state index in [2.05, 4.69) is 0 Å². The molecule has 0 aliphatic carbocycles. The molecule has 90 valence electrons. The van der Waals surface area contributed by atoms with Crippen molar-refractivity contribution >= 4 is 17.5 Å². The Morgan fingerprint density at radius 2 is 2.18 bits per heavy atom. The number of nitro benzene ring substituents is 1. The summed E-state index contributed by atoms with van der Waals surface area (Å²) in [5.41, 5.74) is 0.694. The standard InChI is InChI=1S/C13H15NO3/c1-10(2)8-13(15)7-6-11-4-3-5-12(9-11)14(16)17/h3-7,9-10H,8H2,1-2H3. The Bertz CT molecular complexity index is 450. The Hall–Kier alpha value is -1.97. The lowest BCUT2D eigenvalue weighted by Gasteiger charge is -1.98. The van der Waals surface area contributed by atoms with Gasteiger partial charge in [0, 0.05) is 18.6 Å². The van der Waals surface area contributed by atoms with E-state index in [1.54, 1.807) is 18.2 Å². The molecule has 1 aromatic rings. The van der Waals surface area contributed by atoms with Crippen molar-refractivity contribution in [2.45, 2.75) is 20.3 Å². The molecule has 0 radical (unpaired) electrons. The maximum atomic E-state index is 11.4. The molecule has 0 aromatic heterocycles. The van der Waals surface area contributed by atoms with E-state index in [4.69, 9.17) is 0 Å². The minimum Gasteiger partial charge on any atom is -0.295 e. The summed E-state index contributed by atoms with van der Waals surface area (Å²) in [4.78, 5) is 21.5. The van der Waals surface area contributed by atoms with E-state index >= 15 is 0 Å². The van der Waals surface area contributed by atoms with E-state index in [9.17, 15) is 14.9 Å². The molecule has 0 aliphatic heterocycles. The number of carbonyl (C=O) groups excluding carboxylic acids is 1. The lowest BCUT2D eigenvalue weighted by Crippen LogP contribution is -1.98. The van der Waals surface area contributed by atoms with Crippen molar-refractivity contribution in [3.63, 3.8) is 0 Å². The van der Waals surface area contributed by atoms with Crippen molar-refractivity contribution in [1.29, 1.82) is 0 Å². The molecule has 1 aromatic carbocycles. The molecule has 0 fully saturated rings. The molecule has 0 unspecified atom stereocenters. The van der Waals surface area contributed by atoms with Crippen molar-refractivity contribution in [1.82, 2.24) is 0 Å². The highest BCUT2D eigenvalue weighted by Crippen LogP contribution is 2.14. The summed E-state index contributed by atoms with van der Waals surface area (Å²) in [6.45, 7) is 3.94. The van der Waals surface area contributed by atoms with Crippen LogP contribution in [0.15, 0.2) is 30.3 Å². The maximum Gasteiger partial charge on any atom is 0.270 e. The minimum absolute atomic E-state index is 0.0310. The predicted octanol–water partition coefficient (Wildman–Crippen LogP) is 3.22. The quantitative estimate of drug-likeness (QED) is 0.445. The summed E-state index contributed by atoms with van der Waals surface area (Å²) in [5.74, 6) is 0.351. The van der Waals surface area contributed by atoms with Gasteiger partial charge < -0.3 is 0 Å². The fraction of sp³-hybridized carbons (Fsp3) is 0.308. The Morgan fingerprint density at radius 1 is 1.47 bits per heavy atom. The van der Waals surface area contributed by atoms with Crippen molar-refractivity contribution in [3.05, 3.63) is 46.0 Å². The fourth-order valence-electron chi connectivity index (χ4n) is 1.40. The van der Waals surface area contributed by atoms with E-state index in [0.717, 1.165) is 0 Å². The number of nitrogens with zero attached hydrogens (tertiary/aromatic N) is 1. The molecule has 0 atom stereocenters. The van der Waals surface area contributed by atoms with Crippen LogP contribution in [-0.4, -0.2) is 10.7 Å². The van der Waals surface area contributed by atoms with Crippen molar-refractivity contribution < 1.29 is 9.72 Å². The van der Waals surface area contributed by atoms with Crippen LogP contribution in [0.2, 0.25) is 0 Å². The highest BCUT2D eigenvalue weighted by molar-refractivity contribution is 5.93. The summed E-state index contributed by atoms with van der Waals surface area (Å²) >= 11 is 0. The Labute approximate surface area is 100 Å². The molecule has 4 nitrogen and oxygen atoms in total. The maximum absolute atomic E-state index is 11.4. The number of non-ortho nitro benzene ring substituents is 1. The third-order valence-corrected chi connectivity index (χ3v) is 2.15. The minimum atomic E-state index is -0.451. The largest absolute Gasteiger partial charge is 0.295 e. The molecule has 0 aliphatic rings. The molecule has 0 saturated heterocycles. The summed E-state index contributed by atoms with van der Waals surface area (Å²) in [6.07, 6.45) is 3.57. The van der Waals surface area contributed by atoms with E-state index in [1.807, 2.05) is 13.8 Å². The molecule has 4 heteroatoms. The van der Waals surface area contributed by atoms with E-state index in [-0.39, 0.29) is 11.5 Å². The van der Waals surface area contributed by atoms with Crippen LogP contribution in [0.5, 0.6) is 0 Å². The van der Waals surface area contributed by atoms with Gasteiger partial charge in [0.1, 0.15) is 0 Å². The first-order chi connectivity index (χ1) is 7.99. The molecule has 17 heavy (non-hydrogen) atoms. The van der Waals surface area contributed by atoms with Gasteiger partial charge in [-0.3, -0.25) is 14.9 Å². The molecule has 0 spiro atoms. The van der Waals surface area contributed by atoms with Crippen LogP contribution in [0, 0.1) is 16.0 Å². The van der Waals surface area contributed by atoms with Gasteiger partial charge in [-0.15, -0.1) is 0 Å². The van der Waals surface area contributed by atoms with Gasteiger partial charge in [0.2, 0.25) is 0 Å². The van der Waals surface area contributed by atoms with Crippen LogP contribution < -0.4 is 0 Å². The Balaban J connectivity index is 2.74. The summed E-state index contributed by atoms with van der Waals surface area (Å²) in [6, 6.07) is 6.20. The first kappa shape index (κ1) is 13.1. The number of carbonyl (C=O) groups is 1. The van der Waals surface area contributed by atoms with Crippen LogP contribution in [0.3, 0.4) is 0 Å². The lowest BCUT2D eigenvalue weighted by atomic mass is 10.1. The van der Waals surface area contributed by atoms with E-state index in [1.165, 1.54) is 18.2 Å². The van der Waals surface area contributed by atoms with Gasteiger partial charge in [-0.05, 0) is 17.6 Å². The third-order valence-electron chi connectivity index (χ3n) is 2.15. The number of allylic oxidation sites excluding steroid dienone is 1. The van der Waals surface area contributed by atoms with Gasteiger partial charge in [-0.1, -0.05) is 32.1 Å². The van der Waals surface area contributed by atoms with E-state index < -0.39 is 4.92 Å². The Kier molecular flexibility index (Phi) is 4.57. The summed E-state index contributed by atoms with van der Waals surface area (Å²) < 4.78 is 0. The number of ketones is 1. The van der Waals surface area contributed by atoms with Crippen LogP contribution in [0.1, 0.15) is 25.8 Å². The molecular formula is C13H15NO3. The fourth-order valence-corrected chi connectivity index (χ4v) is 1.40. The smallest absolute Gasteiger partial charge is 0.270 e. The van der Waals surface area contributed by atoms with Crippen LogP contribution >= 0.6 is 0 Å². The monoisotopic (exact) mass is 233 g/mol. The second-order valence-corrected chi connectivity index (χ2v) is 4.25. The highest BCUT2D eigenvalue weighted by atomic mass is 16.6. The average molecular weight is 233 g/mol. The van der Waals surface area contributed by atoms with Crippen LogP contribution in [0.25, 0.3) is 6.08 Å².